The molecule has 2 aromatic rings. The second-order valence-electron chi connectivity index (χ2n) is 5.84. The Morgan fingerprint density at radius 1 is 1.14 bits per heavy atom. The van der Waals surface area contributed by atoms with E-state index in [-0.39, 0.29) is 5.97 Å². The van der Waals surface area contributed by atoms with Crippen molar-refractivity contribution < 1.29 is 9.53 Å². The number of benzene rings is 2. The first kappa shape index (κ1) is 15.3. The number of hydrogen-bond acceptors (Lipinski definition) is 2. The molecule has 0 heterocycles. The van der Waals surface area contributed by atoms with Crippen molar-refractivity contribution in [2.24, 2.45) is 5.41 Å². The molecule has 2 heteroatoms. The van der Waals surface area contributed by atoms with E-state index in [4.69, 9.17) is 4.74 Å². The van der Waals surface area contributed by atoms with Crippen LogP contribution in [0.5, 0.6) is 0 Å². The molecule has 2 nitrogen and oxygen atoms in total. The Kier molecular flexibility index (Phi) is 4.46. The molecular formula is C19H22O2. The topological polar surface area (TPSA) is 26.3 Å². The average molecular weight is 282 g/mol. The van der Waals surface area contributed by atoms with Gasteiger partial charge in [-0.05, 0) is 48.2 Å². The smallest absolute Gasteiger partial charge is 0.315 e. The van der Waals surface area contributed by atoms with E-state index in [1.807, 2.05) is 26.0 Å². The van der Waals surface area contributed by atoms with Gasteiger partial charge in [0.25, 0.3) is 0 Å². The molecule has 0 atom stereocenters. The quantitative estimate of drug-likeness (QED) is 0.765. The van der Waals surface area contributed by atoms with Crippen LogP contribution in [0.4, 0.5) is 0 Å². The van der Waals surface area contributed by atoms with Crippen LogP contribution in [0.1, 0.15) is 31.9 Å². The molecule has 0 saturated heterocycles. The lowest BCUT2D eigenvalue weighted by molar-refractivity contribution is -0.148. The van der Waals surface area contributed by atoms with Crippen LogP contribution < -0.4 is 0 Å². The van der Waals surface area contributed by atoms with E-state index in [9.17, 15) is 4.79 Å². The third-order valence-electron chi connectivity index (χ3n) is 3.74. The van der Waals surface area contributed by atoms with Crippen LogP contribution in [0.25, 0.3) is 16.8 Å². The Morgan fingerprint density at radius 3 is 2.52 bits per heavy atom. The van der Waals surface area contributed by atoms with Crippen LogP contribution in [0.3, 0.4) is 0 Å². The fourth-order valence-electron chi connectivity index (χ4n) is 2.27. The molecule has 0 aliphatic carbocycles. The highest BCUT2D eigenvalue weighted by Crippen LogP contribution is 2.23. The summed E-state index contributed by atoms with van der Waals surface area (Å²) in [6.07, 6.45) is 4.91. The van der Waals surface area contributed by atoms with Gasteiger partial charge in [-0.3, -0.25) is 4.79 Å². The first-order chi connectivity index (χ1) is 9.96. The molecule has 0 bridgehead atoms. The highest BCUT2D eigenvalue weighted by Gasteiger charge is 2.24. The number of rotatable bonds is 4. The number of methoxy groups -OCH3 is 1. The van der Waals surface area contributed by atoms with E-state index in [0.717, 1.165) is 12.0 Å². The lowest BCUT2D eigenvalue weighted by Gasteiger charge is -2.16. The fraction of sp³-hybridized carbons (Fsp3) is 0.316. The van der Waals surface area contributed by atoms with E-state index in [2.05, 4.69) is 43.3 Å². The van der Waals surface area contributed by atoms with Crippen LogP contribution in [0.15, 0.2) is 42.5 Å². The highest BCUT2D eigenvalue weighted by molar-refractivity contribution is 5.86. The van der Waals surface area contributed by atoms with E-state index >= 15 is 0 Å². The van der Waals surface area contributed by atoms with Gasteiger partial charge in [-0.1, -0.05) is 49.4 Å². The first-order valence-corrected chi connectivity index (χ1v) is 7.26. The van der Waals surface area contributed by atoms with Crippen molar-refractivity contribution in [1.29, 1.82) is 0 Å². The summed E-state index contributed by atoms with van der Waals surface area (Å²) in [4.78, 5) is 11.7. The second kappa shape index (κ2) is 6.13. The second-order valence-corrected chi connectivity index (χ2v) is 5.84. The summed E-state index contributed by atoms with van der Waals surface area (Å²) in [6, 6.07) is 12.9. The van der Waals surface area contributed by atoms with Crippen LogP contribution >= 0.6 is 0 Å². The van der Waals surface area contributed by atoms with Gasteiger partial charge in [0, 0.05) is 0 Å². The zero-order valence-electron chi connectivity index (χ0n) is 13.1. The van der Waals surface area contributed by atoms with Crippen molar-refractivity contribution in [2.75, 3.05) is 7.11 Å². The van der Waals surface area contributed by atoms with E-state index < -0.39 is 5.41 Å². The summed E-state index contributed by atoms with van der Waals surface area (Å²) in [5, 5.41) is 2.46. The summed E-state index contributed by atoms with van der Waals surface area (Å²) >= 11 is 0. The van der Waals surface area contributed by atoms with Gasteiger partial charge in [0.2, 0.25) is 0 Å². The van der Waals surface area contributed by atoms with Gasteiger partial charge in [0.05, 0.1) is 12.5 Å². The minimum atomic E-state index is -0.616. The highest BCUT2D eigenvalue weighted by atomic mass is 16.5. The molecule has 0 aliphatic rings. The molecule has 0 aliphatic heterocycles. The lowest BCUT2D eigenvalue weighted by Crippen LogP contribution is -2.22. The molecule has 0 saturated carbocycles. The molecule has 0 radical (unpaired) electrons. The molecule has 2 aromatic carbocycles. The zero-order chi connectivity index (χ0) is 15.5. The standard InChI is InChI=1S/C19H22O2/c1-5-14-6-8-16-9-7-15(13-17(16)12-14)10-11-19(2,3)18(20)21-4/h6-13H,5H2,1-4H3/b11-10+. The van der Waals surface area contributed by atoms with Crippen molar-refractivity contribution in [3.63, 3.8) is 0 Å². The normalized spacial score (nSPS) is 12.0. The summed E-state index contributed by atoms with van der Waals surface area (Å²) in [7, 11) is 1.42. The van der Waals surface area contributed by atoms with E-state index in [1.165, 1.54) is 23.4 Å². The summed E-state index contributed by atoms with van der Waals surface area (Å²) in [6.45, 7) is 5.86. The summed E-state index contributed by atoms with van der Waals surface area (Å²) in [5.74, 6) is -0.229. The third kappa shape index (κ3) is 3.52. The maximum absolute atomic E-state index is 11.7. The molecule has 0 N–H and O–H groups in total. The Bertz CT molecular complexity index is 681. The molecule has 0 fully saturated rings. The number of aryl methyl sites for hydroxylation is 1. The maximum atomic E-state index is 11.7. The molecule has 2 rings (SSSR count). The van der Waals surface area contributed by atoms with Gasteiger partial charge in [0.15, 0.2) is 0 Å². The van der Waals surface area contributed by atoms with Crippen LogP contribution in [0.2, 0.25) is 0 Å². The van der Waals surface area contributed by atoms with Gasteiger partial charge in [0.1, 0.15) is 0 Å². The average Bonchev–Trinajstić information content (AvgIpc) is 2.51. The summed E-state index contributed by atoms with van der Waals surface area (Å²) < 4.78 is 4.81. The number of esters is 1. The Hall–Kier alpha value is -2.09. The fourth-order valence-corrected chi connectivity index (χ4v) is 2.27. The largest absolute Gasteiger partial charge is 0.468 e. The van der Waals surface area contributed by atoms with Crippen LogP contribution in [0, 0.1) is 5.41 Å². The van der Waals surface area contributed by atoms with Crippen LogP contribution in [-0.4, -0.2) is 13.1 Å². The first-order valence-electron chi connectivity index (χ1n) is 7.26. The van der Waals surface area contributed by atoms with Gasteiger partial charge in [-0.2, -0.15) is 0 Å². The van der Waals surface area contributed by atoms with E-state index in [1.54, 1.807) is 0 Å². The van der Waals surface area contributed by atoms with Gasteiger partial charge < -0.3 is 4.74 Å². The number of carbonyl (C=O) groups excluding carboxylic acids is 1. The minimum absolute atomic E-state index is 0.229. The molecule has 0 amide bonds. The van der Waals surface area contributed by atoms with Crippen molar-refractivity contribution in [3.8, 4) is 0 Å². The van der Waals surface area contributed by atoms with Gasteiger partial charge in [-0.15, -0.1) is 0 Å². The van der Waals surface area contributed by atoms with Gasteiger partial charge >= 0.3 is 5.97 Å². The maximum Gasteiger partial charge on any atom is 0.315 e. The molecular weight excluding hydrogens is 260 g/mol. The number of carbonyl (C=O) groups is 1. The predicted octanol–water partition coefficient (Wildman–Crippen LogP) is 4.61. The molecule has 0 spiro atoms. The molecule has 0 aromatic heterocycles. The van der Waals surface area contributed by atoms with Crippen molar-refractivity contribution in [2.45, 2.75) is 27.2 Å². The van der Waals surface area contributed by atoms with E-state index in [0.29, 0.717) is 0 Å². The number of ether oxygens (including phenoxy) is 1. The zero-order valence-corrected chi connectivity index (χ0v) is 13.1. The van der Waals surface area contributed by atoms with Crippen LogP contribution in [-0.2, 0) is 16.0 Å². The lowest BCUT2D eigenvalue weighted by atomic mass is 9.92. The minimum Gasteiger partial charge on any atom is -0.468 e. The predicted molar refractivity (Wildman–Crippen MR) is 88.2 cm³/mol. The van der Waals surface area contributed by atoms with Gasteiger partial charge in [-0.25, -0.2) is 0 Å². The van der Waals surface area contributed by atoms with Crippen molar-refractivity contribution in [3.05, 3.63) is 53.6 Å². The number of fused-ring (bicyclic) bond motifs is 1. The molecule has 21 heavy (non-hydrogen) atoms. The monoisotopic (exact) mass is 282 g/mol. The molecule has 0 unspecified atom stereocenters. The number of hydrogen-bond donors (Lipinski definition) is 0. The third-order valence-corrected chi connectivity index (χ3v) is 3.74. The summed E-state index contributed by atoms with van der Waals surface area (Å²) in [5.41, 5.74) is 1.81. The molecule has 110 valence electrons. The SMILES string of the molecule is CCc1ccc2ccc(/C=C/C(C)(C)C(=O)OC)cc2c1. The Morgan fingerprint density at radius 2 is 1.86 bits per heavy atom. The van der Waals surface area contributed by atoms with Crippen molar-refractivity contribution in [1.82, 2.24) is 0 Å². The van der Waals surface area contributed by atoms with Crippen molar-refractivity contribution >= 4 is 22.8 Å². The Balaban J connectivity index is 2.32. The Labute approximate surface area is 126 Å².